The fourth-order valence-corrected chi connectivity index (χ4v) is 3.12. The molecule has 9 heteroatoms. The molecule has 3 rings (SSSR count). The zero-order chi connectivity index (χ0) is 17.8. The third kappa shape index (κ3) is 4.36. The molecule has 0 fully saturated rings. The van der Waals surface area contributed by atoms with E-state index in [4.69, 9.17) is 33.8 Å². The monoisotopic (exact) mass is 398 g/mol. The number of benzene rings is 2. The zero-order valence-electron chi connectivity index (χ0n) is 12.8. The van der Waals surface area contributed by atoms with Crippen LogP contribution in [0.25, 0.3) is 0 Å². The van der Waals surface area contributed by atoms with Crippen LogP contribution in [0.15, 0.2) is 47.6 Å². The van der Waals surface area contributed by atoms with Crippen molar-refractivity contribution in [3.05, 3.63) is 69.7 Å². The maximum absolute atomic E-state index is 13.5. The number of nitrogen functional groups attached to an aromatic ring is 1. The Morgan fingerprint density at radius 2 is 1.92 bits per heavy atom. The molecule has 0 spiro atoms. The second-order valence-corrected chi connectivity index (χ2v) is 6.78. The summed E-state index contributed by atoms with van der Waals surface area (Å²) in [6.07, 6.45) is 0. The number of hydrogen-bond donors (Lipinski definition) is 1. The zero-order valence-corrected chi connectivity index (χ0v) is 15.2. The van der Waals surface area contributed by atoms with Gasteiger partial charge in [0.2, 0.25) is 5.16 Å². The number of nitrogens with zero attached hydrogens (tertiary/aromatic N) is 3. The molecule has 1 heterocycles. The molecule has 2 N–H and O–H groups in total. The van der Waals surface area contributed by atoms with Crippen LogP contribution >= 0.6 is 35.0 Å². The minimum atomic E-state index is -0.445. The van der Waals surface area contributed by atoms with Crippen LogP contribution in [-0.2, 0) is 12.4 Å². The van der Waals surface area contributed by atoms with E-state index >= 15 is 0 Å². The van der Waals surface area contributed by atoms with Gasteiger partial charge in [0.05, 0.1) is 10.0 Å². The fourth-order valence-electron chi connectivity index (χ4n) is 1.99. The second kappa shape index (κ2) is 7.95. The van der Waals surface area contributed by atoms with Crippen molar-refractivity contribution in [1.29, 1.82) is 0 Å². The maximum Gasteiger partial charge on any atom is 0.210 e. The van der Waals surface area contributed by atoms with Gasteiger partial charge in [-0.1, -0.05) is 53.2 Å². The van der Waals surface area contributed by atoms with Gasteiger partial charge in [-0.2, -0.15) is 0 Å². The van der Waals surface area contributed by atoms with E-state index in [0.717, 1.165) is 5.56 Å². The number of hydrogen-bond acceptors (Lipinski definition) is 5. The van der Waals surface area contributed by atoms with Gasteiger partial charge in [-0.05, 0) is 29.8 Å². The van der Waals surface area contributed by atoms with E-state index in [1.54, 1.807) is 24.3 Å². The highest BCUT2D eigenvalue weighted by molar-refractivity contribution is 7.98. The van der Waals surface area contributed by atoms with E-state index in [0.29, 0.717) is 26.8 Å². The molecule has 0 saturated heterocycles. The van der Waals surface area contributed by atoms with Crippen molar-refractivity contribution >= 4 is 35.0 Å². The number of rotatable bonds is 6. The van der Waals surface area contributed by atoms with E-state index in [1.807, 2.05) is 6.07 Å². The summed E-state index contributed by atoms with van der Waals surface area (Å²) in [7, 11) is 0. The van der Waals surface area contributed by atoms with Crippen LogP contribution in [0, 0.1) is 5.82 Å². The third-order valence-corrected chi connectivity index (χ3v) is 5.03. The van der Waals surface area contributed by atoms with Crippen molar-refractivity contribution in [2.24, 2.45) is 0 Å². The van der Waals surface area contributed by atoms with Gasteiger partial charge in [0.15, 0.2) is 17.4 Å². The van der Waals surface area contributed by atoms with Crippen LogP contribution in [0.3, 0.4) is 0 Å². The van der Waals surface area contributed by atoms with E-state index in [9.17, 15) is 4.39 Å². The first kappa shape index (κ1) is 17.8. The predicted octanol–water partition coefficient (Wildman–Crippen LogP) is 4.31. The summed E-state index contributed by atoms with van der Waals surface area (Å²) >= 11 is 13.3. The van der Waals surface area contributed by atoms with Crippen molar-refractivity contribution in [3.63, 3.8) is 0 Å². The van der Waals surface area contributed by atoms with Gasteiger partial charge in [-0.15, -0.1) is 10.2 Å². The molecule has 5 nitrogen and oxygen atoms in total. The molecule has 0 aliphatic heterocycles. The number of nitrogens with two attached hydrogens (primary N) is 1. The molecule has 1 aromatic heterocycles. The molecule has 0 atom stereocenters. The third-order valence-electron chi connectivity index (χ3n) is 3.28. The summed E-state index contributed by atoms with van der Waals surface area (Å²) in [5, 5.41) is 9.51. The highest BCUT2D eigenvalue weighted by Crippen LogP contribution is 2.27. The molecule has 0 amide bonds. The van der Waals surface area contributed by atoms with Gasteiger partial charge in [-0.3, -0.25) is 0 Å². The molecular formula is C16H13Cl2FN4OS. The first-order valence-electron chi connectivity index (χ1n) is 7.18. The highest BCUT2D eigenvalue weighted by atomic mass is 35.5. The van der Waals surface area contributed by atoms with Gasteiger partial charge in [-0.25, -0.2) is 9.07 Å². The molecule has 0 radical (unpaired) electrons. The lowest BCUT2D eigenvalue weighted by atomic mass is 10.2. The largest absolute Gasteiger partial charge is 0.482 e. The van der Waals surface area contributed by atoms with Gasteiger partial charge in [0, 0.05) is 5.75 Å². The minimum Gasteiger partial charge on any atom is -0.482 e. The summed E-state index contributed by atoms with van der Waals surface area (Å²) in [5.41, 5.74) is 0.978. The molecule has 25 heavy (non-hydrogen) atoms. The molecule has 0 aliphatic carbocycles. The average molecular weight is 399 g/mol. The topological polar surface area (TPSA) is 66.0 Å². The van der Waals surface area contributed by atoms with Crippen LogP contribution in [0.1, 0.15) is 11.4 Å². The lowest BCUT2D eigenvalue weighted by Crippen LogP contribution is -2.16. The lowest BCUT2D eigenvalue weighted by Gasteiger charge is -2.07. The molecule has 130 valence electrons. The molecule has 0 unspecified atom stereocenters. The van der Waals surface area contributed by atoms with Crippen LogP contribution in [0.4, 0.5) is 4.39 Å². The van der Waals surface area contributed by atoms with Crippen LogP contribution in [-0.4, -0.2) is 14.9 Å². The van der Waals surface area contributed by atoms with Crippen LogP contribution < -0.4 is 10.6 Å². The number of halogens is 3. The first-order valence-corrected chi connectivity index (χ1v) is 8.92. The van der Waals surface area contributed by atoms with Gasteiger partial charge in [0.25, 0.3) is 0 Å². The number of thioether (sulfide) groups is 1. The molecule has 3 aromatic rings. The Bertz CT molecular complexity index is 890. The van der Waals surface area contributed by atoms with Crippen molar-refractivity contribution < 1.29 is 9.13 Å². The number of aromatic nitrogens is 3. The summed E-state index contributed by atoms with van der Waals surface area (Å²) in [6.45, 7) is 0.0117. The fraction of sp³-hybridized carbons (Fsp3) is 0.125. The van der Waals surface area contributed by atoms with Crippen LogP contribution in [0.5, 0.6) is 5.75 Å². The average Bonchev–Trinajstić information content (AvgIpc) is 2.95. The summed E-state index contributed by atoms with van der Waals surface area (Å²) in [4.78, 5) is 0. The second-order valence-electron chi connectivity index (χ2n) is 5.03. The Hall–Kier alpha value is -1.96. The van der Waals surface area contributed by atoms with Crippen molar-refractivity contribution in [2.45, 2.75) is 17.5 Å². The Kier molecular flexibility index (Phi) is 5.67. The van der Waals surface area contributed by atoms with Crippen molar-refractivity contribution in [3.8, 4) is 5.75 Å². The molecule has 0 bridgehead atoms. The Morgan fingerprint density at radius 1 is 1.12 bits per heavy atom. The SMILES string of the molecule is Nn1c(COc2ccccc2F)nnc1SCc1ccc(Cl)c(Cl)c1. The van der Waals surface area contributed by atoms with Gasteiger partial charge < -0.3 is 10.6 Å². The smallest absolute Gasteiger partial charge is 0.210 e. The van der Waals surface area contributed by atoms with E-state index in [2.05, 4.69) is 10.2 Å². The summed E-state index contributed by atoms with van der Waals surface area (Å²) in [5.74, 6) is 6.65. The number of ether oxygens (including phenoxy) is 1. The van der Waals surface area contributed by atoms with Crippen molar-refractivity contribution in [2.75, 3.05) is 5.84 Å². The number of para-hydroxylation sites is 1. The quantitative estimate of drug-likeness (QED) is 0.494. The highest BCUT2D eigenvalue weighted by Gasteiger charge is 2.12. The van der Waals surface area contributed by atoms with Crippen molar-refractivity contribution in [1.82, 2.24) is 14.9 Å². The normalized spacial score (nSPS) is 10.8. The lowest BCUT2D eigenvalue weighted by molar-refractivity contribution is 0.277. The summed E-state index contributed by atoms with van der Waals surface area (Å²) in [6, 6.07) is 11.5. The van der Waals surface area contributed by atoms with E-state index in [-0.39, 0.29) is 12.4 Å². The summed E-state index contributed by atoms with van der Waals surface area (Å²) < 4.78 is 20.3. The Morgan fingerprint density at radius 3 is 2.68 bits per heavy atom. The van der Waals surface area contributed by atoms with E-state index < -0.39 is 5.82 Å². The van der Waals surface area contributed by atoms with Gasteiger partial charge >= 0.3 is 0 Å². The Labute approximate surface area is 157 Å². The Balaban J connectivity index is 1.62. The molecular weight excluding hydrogens is 386 g/mol. The van der Waals surface area contributed by atoms with Gasteiger partial charge in [0.1, 0.15) is 6.61 Å². The predicted molar refractivity (Wildman–Crippen MR) is 96.9 cm³/mol. The molecule has 0 aliphatic rings. The standard InChI is InChI=1S/C16H13Cl2FN4OS/c17-11-6-5-10(7-12(11)18)9-25-16-22-21-15(23(16)20)8-24-14-4-2-1-3-13(14)19/h1-7H,8-9,20H2. The molecule has 0 saturated carbocycles. The first-order chi connectivity index (χ1) is 12.0. The molecule has 2 aromatic carbocycles. The van der Waals surface area contributed by atoms with E-state index in [1.165, 1.54) is 28.6 Å². The minimum absolute atomic E-state index is 0.0117. The maximum atomic E-state index is 13.5. The van der Waals surface area contributed by atoms with Crippen LogP contribution in [0.2, 0.25) is 10.0 Å².